The van der Waals surface area contributed by atoms with Crippen LogP contribution in [0.15, 0.2) is 17.1 Å². The summed E-state index contributed by atoms with van der Waals surface area (Å²) >= 11 is 0. The van der Waals surface area contributed by atoms with Crippen molar-refractivity contribution in [2.75, 3.05) is 26.2 Å². The van der Waals surface area contributed by atoms with Crippen LogP contribution in [-0.2, 0) is 11.3 Å². The third-order valence-corrected chi connectivity index (χ3v) is 5.43. The summed E-state index contributed by atoms with van der Waals surface area (Å²) in [5, 5.41) is 20.9. The lowest BCUT2D eigenvalue weighted by molar-refractivity contribution is -0.126. The van der Waals surface area contributed by atoms with Crippen LogP contribution in [0.3, 0.4) is 0 Å². The van der Waals surface area contributed by atoms with Crippen LogP contribution in [0, 0.1) is 5.92 Å². The van der Waals surface area contributed by atoms with Gasteiger partial charge in [-0.25, -0.2) is 0 Å². The van der Waals surface area contributed by atoms with E-state index in [1.54, 1.807) is 11.0 Å². The SMILES string of the molecule is CC(C)Cn1c(=O)c(C(=O)NC2CC2)c(O)n2ncc(/C=C/C(=O)N3CCNCC3)c12.Cl. The van der Waals surface area contributed by atoms with Gasteiger partial charge in [0.05, 0.1) is 6.20 Å². The maximum Gasteiger partial charge on any atom is 0.270 e. The molecule has 0 radical (unpaired) electrons. The number of aromatic hydroxyl groups is 1. The third kappa shape index (κ3) is 4.81. The number of piperazine rings is 1. The number of carbonyl (C=O) groups excluding carboxylic acids is 2. The van der Waals surface area contributed by atoms with E-state index in [1.807, 2.05) is 13.8 Å². The van der Waals surface area contributed by atoms with Gasteiger partial charge in [0.1, 0.15) is 5.65 Å². The molecule has 1 saturated carbocycles. The van der Waals surface area contributed by atoms with Gasteiger partial charge in [-0.1, -0.05) is 13.8 Å². The molecule has 2 aliphatic rings. The second-order valence-electron chi connectivity index (χ2n) is 8.50. The summed E-state index contributed by atoms with van der Waals surface area (Å²) in [6.07, 6.45) is 6.28. The molecule has 4 rings (SSSR count). The van der Waals surface area contributed by atoms with E-state index < -0.39 is 17.3 Å². The molecule has 1 aliphatic carbocycles. The predicted octanol–water partition coefficient (Wildman–Crippen LogP) is 0.617. The maximum absolute atomic E-state index is 13.2. The van der Waals surface area contributed by atoms with Gasteiger partial charge < -0.3 is 20.6 Å². The molecule has 174 valence electrons. The van der Waals surface area contributed by atoms with Gasteiger partial charge in [-0.2, -0.15) is 9.61 Å². The van der Waals surface area contributed by atoms with E-state index in [4.69, 9.17) is 0 Å². The minimum atomic E-state index is -0.592. The number of nitrogens with one attached hydrogen (secondary N) is 2. The average molecular weight is 465 g/mol. The molecule has 2 fully saturated rings. The van der Waals surface area contributed by atoms with E-state index in [0.717, 1.165) is 25.9 Å². The molecule has 1 saturated heterocycles. The highest BCUT2D eigenvalue weighted by Crippen LogP contribution is 2.23. The van der Waals surface area contributed by atoms with Gasteiger partial charge in [0, 0.05) is 50.4 Å². The summed E-state index contributed by atoms with van der Waals surface area (Å²) in [4.78, 5) is 40.1. The number of hydrogen-bond donors (Lipinski definition) is 3. The van der Waals surface area contributed by atoms with E-state index in [2.05, 4.69) is 15.7 Å². The van der Waals surface area contributed by atoms with Crippen molar-refractivity contribution in [3.05, 3.63) is 33.8 Å². The Bertz CT molecular complexity index is 1100. The van der Waals surface area contributed by atoms with Gasteiger partial charge in [0.25, 0.3) is 11.5 Å². The van der Waals surface area contributed by atoms with Crippen LogP contribution in [0.25, 0.3) is 11.7 Å². The Morgan fingerprint density at radius 2 is 2.00 bits per heavy atom. The fourth-order valence-electron chi connectivity index (χ4n) is 3.70. The van der Waals surface area contributed by atoms with Crippen LogP contribution in [0.1, 0.15) is 42.6 Å². The van der Waals surface area contributed by atoms with Crippen molar-refractivity contribution in [2.45, 2.75) is 39.3 Å². The Balaban J connectivity index is 0.00000289. The number of hydrogen-bond acceptors (Lipinski definition) is 6. The lowest BCUT2D eigenvalue weighted by atomic mass is 10.2. The summed E-state index contributed by atoms with van der Waals surface area (Å²) < 4.78 is 2.65. The molecule has 0 aromatic carbocycles. The molecular weight excluding hydrogens is 436 g/mol. The molecule has 2 aromatic heterocycles. The lowest BCUT2D eigenvalue weighted by Gasteiger charge is -2.26. The van der Waals surface area contributed by atoms with Crippen LogP contribution in [-0.4, -0.2) is 68.2 Å². The highest BCUT2D eigenvalue weighted by atomic mass is 35.5. The Morgan fingerprint density at radius 1 is 1.31 bits per heavy atom. The molecule has 2 aromatic rings. The second kappa shape index (κ2) is 9.74. The van der Waals surface area contributed by atoms with E-state index in [0.29, 0.717) is 30.8 Å². The summed E-state index contributed by atoms with van der Waals surface area (Å²) in [6, 6.07) is 0.0488. The number of aromatic nitrogens is 3. The molecule has 0 bridgehead atoms. The highest BCUT2D eigenvalue weighted by Gasteiger charge is 2.29. The van der Waals surface area contributed by atoms with Crippen molar-refractivity contribution in [1.82, 2.24) is 29.7 Å². The van der Waals surface area contributed by atoms with Crippen LogP contribution in [0.2, 0.25) is 0 Å². The average Bonchev–Trinajstić information content (AvgIpc) is 3.45. The first kappa shape index (κ1) is 23.8. The van der Waals surface area contributed by atoms with Crippen LogP contribution < -0.4 is 16.2 Å². The number of carbonyl (C=O) groups is 2. The molecule has 3 heterocycles. The highest BCUT2D eigenvalue weighted by molar-refractivity contribution is 5.97. The Kier molecular flexibility index (Phi) is 7.25. The molecule has 0 atom stereocenters. The largest absolute Gasteiger partial charge is 0.492 e. The number of rotatable bonds is 6. The Hall–Kier alpha value is -2.85. The first-order valence-corrected chi connectivity index (χ1v) is 10.7. The van der Waals surface area contributed by atoms with E-state index in [1.165, 1.54) is 21.4 Å². The Labute approximate surface area is 191 Å². The smallest absolute Gasteiger partial charge is 0.270 e. The van der Waals surface area contributed by atoms with Crippen LogP contribution >= 0.6 is 12.4 Å². The van der Waals surface area contributed by atoms with Crippen molar-refractivity contribution in [2.24, 2.45) is 5.92 Å². The zero-order valence-electron chi connectivity index (χ0n) is 18.2. The van der Waals surface area contributed by atoms with Gasteiger partial charge >= 0.3 is 0 Å². The van der Waals surface area contributed by atoms with E-state index in [-0.39, 0.29) is 35.8 Å². The fourth-order valence-corrected chi connectivity index (χ4v) is 3.70. The van der Waals surface area contributed by atoms with Gasteiger partial charge in [-0.05, 0) is 24.8 Å². The molecular formula is C21H29ClN6O4. The van der Waals surface area contributed by atoms with Gasteiger partial charge in [-0.3, -0.25) is 19.0 Å². The minimum absolute atomic E-state index is 0. The van der Waals surface area contributed by atoms with Crippen LogP contribution in [0.5, 0.6) is 5.88 Å². The zero-order valence-corrected chi connectivity index (χ0v) is 19.0. The molecule has 11 heteroatoms. The van der Waals surface area contributed by atoms with Crippen molar-refractivity contribution < 1.29 is 14.7 Å². The molecule has 0 spiro atoms. The van der Waals surface area contributed by atoms with Crippen molar-refractivity contribution in [1.29, 1.82) is 0 Å². The molecule has 32 heavy (non-hydrogen) atoms. The molecule has 10 nitrogen and oxygen atoms in total. The Morgan fingerprint density at radius 3 is 2.62 bits per heavy atom. The van der Waals surface area contributed by atoms with Crippen molar-refractivity contribution >= 4 is 35.9 Å². The van der Waals surface area contributed by atoms with Gasteiger partial charge in [0.2, 0.25) is 11.8 Å². The topological polar surface area (TPSA) is 121 Å². The number of halogens is 1. The number of amides is 2. The normalized spacial score (nSPS) is 16.5. The maximum atomic E-state index is 13.2. The number of nitrogens with zero attached hydrogens (tertiary/aromatic N) is 4. The molecule has 3 N–H and O–H groups in total. The van der Waals surface area contributed by atoms with E-state index >= 15 is 0 Å². The first-order chi connectivity index (χ1) is 14.9. The van der Waals surface area contributed by atoms with Crippen molar-refractivity contribution in [3.8, 4) is 5.88 Å². The summed E-state index contributed by atoms with van der Waals surface area (Å²) in [5.74, 6) is -1.10. The minimum Gasteiger partial charge on any atom is -0.492 e. The summed E-state index contributed by atoms with van der Waals surface area (Å²) in [7, 11) is 0. The summed E-state index contributed by atoms with van der Waals surface area (Å²) in [6.45, 7) is 7.03. The lowest BCUT2D eigenvalue weighted by Crippen LogP contribution is -2.45. The molecule has 2 amide bonds. The summed E-state index contributed by atoms with van der Waals surface area (Å²) in [5.41, 5.74) is -0.00905. The monoisotopic (exact) mass is 464 g/mol. The van der Waals surface area contributed by atoms with Crippen LogP contribution in [0.4, 0.5) is 0 Å². The predicted molar refractivity (Wildman–Crippen MR) is 122 cm³/mol. The van der Waals surface area contributed by atoms with Gasteiger partial charge in [0.15, 0.2) is 5.56 Å². The van der Waals surface area contributed by atoms with E-state index in [9.17, 15) is 19.5 Å². The first-order valence-electron chi connectivity index (χ1n) is 10.7. The zero-order chi connectivity index (χ0) is 22.1. The quantitative estimate of drug-likeness (QED) is 0.539. The standard InChI is InChI=1S/C21H28N6O4.ClH/c1-13(2)12-26-19-14(3-6-16(28)25-9-7-22-8-10-25)11-23-27(19)21(31)17(20(26)30)18(29)24-15-4-5-15;/h3,6,11,13,15,22,31H,4-5,7-10,12H2,1-2H3,(H,24,29);1H/b6-3+;. The molecule has 1 aliphatic heterocycles. The molecule has 0 unspecified atom stereocenters. The second-order valence-corrected chi connectivity index (χ2v) is 8.50. The van der Waals surface area contributed by atoms with Gasteiger partial charge in [-0.15, -0.1) is 12.4 Å². The third-order valence-electron chi connectivity index (χ3n) is 5.43. The van der Waals surface area contributed by atoms with Crippen molar-refractivity contribution in [3.63, 3.8) is 0 Å². The number of fused-ring (bicyclic) bond motifs is 1. The fraction of sp³-hybridized carbons (Fsp3) is 0.524.